The van der Waals surface area contributed by atoms with Crippen LogP contribution in [0, 0.1) is 0 Å². The van der Waals surface area contributed by atoms with Crippen molar-refractivity contribution in [2.24, 2.45) is 10.7 Å². The topological polar surface area (TPSA) is 72.5 Å². The molecule has 1 heterocycles. The molecule has 20 heavy (non-hydrogen) atoms. The lowest BCUT2D eigenvalue weighted by Gasteiger charge is -2.21. The van der Waals surface area contributed by atoms with Gasteiger partial charge in [-0.05, 0) is 22.9 Å². The SMILES string of the molecule is NC(=O)C(=O)C1(c2ccccc2)C=c2ccccc2=N1. The Kier molecular flexibility index (Phi) is 2.71. The van der Waals surface area contributed by atoms with Crippen molar-refractivity contribution in [3.63, 3.8) is 0 Å². The van der Waals surface area contributed by atoms with Crippen LogP contribution in [-0.2, 0) is 15.1 Å². The second-order valence-electron chi connectivity index (χ2n) is 4.64. The number of carbonyl (C=O) groups is 2. The molecule has 1 aliphatic rings. The Labute approximate surface area is 115 Å². The van der Waals surface area contributed by atoms with Gasteiger partial charge in [0.1, 0.15) is 0 Å². The summed E-state index contributed by atoms with van der Waals surface area (Å²) >= 11 is 0. The molecule has 0 spiro atoms. The van der Waals surface area contributed by atoms with E-state index in [-0.39, 0.29) is 0 Å². The van der Waals surface area contributed by atoms with Gasteiger partial charge in [-0.15, -0.1) is 0 Å². The molecule has 0 radical (unpaired) electrons. The second-order valence-corrected chi connectivity index (χ2v) is 4.64. The number of nitrogens with zero attached hydrogens (tertiary/aromatic N) is 1. The van der Waals surface area contributed by atoms with E-state index in [1.165, 1.54) is 0 Å². The first-order chi connectivity index (χ1) is 9.63. The van der Waals surface area contributed by atoms with Crippen LogP contribution in [0.15, 0.2) is 59.6 Å². The number of carbonyl (C=O) groups excluding carboxylic acids is 2. The number of hydrogen-bond donors (Lipinski definition) is 1. The summed E-state index contributed by atoms with van der Waals surface area (Å²) < 4.78 is 0. The molecular formula is C16H12N2O2. The minimum Gasteiger partial charge on any atom is -0.363 e. The van der Waals surface area contributed by atoms with Gasteiger partial charge in [-0.2, -0.15) is 0 Å². The van der Waals surface area contributed by atoms with E-state index in [9.17, 15) is 9.59 Å². The molecule has 0 saturated carbocycles. The predicted molar refractivity (Wildman–Crippen MR) is 74.0 cm³/mol. The van der Waals surface area contributed by atoms with Gasteiger partial charge >= 0.3 is 0 Å². The van der Waals surface area contributed by atoms with E-state index in [0.29, 0.717) is 10.9 Å². The summed E-state index contributed by atoms with van der Waals surface area (Å²) in [6.07, 6.45) is 1.70. The molecule has 1 amide bonds. The number of para-hydroxylation sites is 1. The number of ketones is 1. The van der Waals surface area contributed by atoms with Crippen molar-refractivity contribution in [3.05, 3.63) is 70.7 Å². The van der Waals surface area contributed by atoms with Crippen molar-refractivity contribution in [1.29, 1.82) is 0 Å². The molecule has 1 unspecified atom stereocenters. The molecule has 1 atom stereocenters. The fourth-order valence-corrected chi connectivity index (χ4v) is 2.43. The third kappa shape index (κ3) is 1.73. The van der Waals surface area contributed by atoms with E-state index in [2.05, 4.69) is 4.99 Å². The summed E-state index contributed by atoms with van der Waals surface area (Å²) in [4.78, 5) is 28.2. The van der Waals surface area contributed by atoms with Crippen molar-refractivity contribution in [1.82, 2.24) is 0 Å². The predicted octanol–water partition coefficient (Wildman–Crippen LogP) is 0.0502. The summed E-state index contributed by atoms with van der Waals surface area (Å²) in [5, 5.41) is 1.51. The summed E-state index contributed by atoms with van der Waals surface area (Å²) in [5.41, 5.74) is 4.51. The van der Waals surface area contributed by atoms with Crippen molar-refractivity contribution < 1.29 is 9.59 Å². The molecule has 4 heteroatoms. The van der Waals surface area contributed by atoms with Crippen LogP contribution in [0.1, 0.15) is 5.56 Å². The molecule has 0 aliphatic carbocycles. The molecule has 0 fully saturated rings. The minimum atomic E-state index is -1.34. The highest BCUT2D eigenvalue weighted by atomic mass is 16.2. The van der Waals surface area contributed by atoms with Crippen LogP contribution < -0.4 is 16.3 Å². The number of fused-ring (bicyclic) bond motifs is 1. The number of Topliss-reactive ketones (excluding diaryl/α,β-unsaturated/α-hetero) is 1. The lowest BCUT2D eigenvalue weighted by Crippen LogP contribution is -2.40. The molecule has 2 N–H and O–H groups in total. The van der Waals surface area contributed by atoms with Gasteiger partial charge in [-0.3, -0.25) is 14.6 Å². The average Bonchev–Trinajstić information content (AvgIpc) is 2.87. The second kappa shape index (κ2) is 4.42. The van der Waals surface area contributed by atoms with Gasteiger partial charge in [0, 0.05) is 0 Å². The van der Waals surface area contributed by atoms with E-state index in [1.54, 1.807) is 30.3 Å². The highest BCUT2D eigenvalue weighted by molar-refractivity contribution is 6.40. The fourth-order valence-electron chi connectivity index (χ4n) is 2.43. The van der Waals surface area contributed by atoms with Crippen LogP contribution in [0.2, 0.25) is 0 Å². The largest absolute Gasteiger partial charge is 0.363 e. The molecule has 2 aromatic carbocycles. The van der Waals surface area contributed by atoms with E-state index >= 15 is 0 Å². The molecule has 4 nitrogen and oxygen atoms in total. The molecule has 0 aromatic heterocycles. The first-order valence-corrected chi connectivity index (χ1v) is 6.21. The van der Waals surface area contributed by atoms with Crippen LogP contribution in [0.4, 0.5) is 0 Å². The highest BCUT2D eigenvalue weighted by Gasteiger charge is 2.42. The third-order valence-corrected chi connectivity index (χ3v) is 3.38. The Morgan fingerprint density at radius 3 is 2.25 bits per heavy atom. The minimum absolute atomic E-state index is 0.639. The molecular weight excluding hydrogens is 252 g/mol. The smallest absolute Gasteiger partial charge is 0.288 e. The van der Waals surface area contributed by atoms with E-state index in [4.69, 9.17) is 5.73 Å². The van der Waals surface area contributed by atoms with Gasteiger partial charge in [-0.1, -0.05) is 48.5 Å². The fraction of sp³-hybridized carbons (Fsp3) is 0.0625. The van der Waals surface area contributed by atoms with Crippen molar-refractivity contribution >= 4 is 17.8 Å². The molecule has 1 aliphatic heterocycles. The maximum Gasteiger partial charge on any atom is 0.288 e. The quantitative estimate of drug-likeness (QED) is 0.796. The summed E-state index contributed by atoms with van der Waals surface area (Å²) in [5.74, 6) is -1.71. The molecule has 3 rings (SSSR count). The van der Waals surface area contributed by atoms with E-state index in [1.807, 2.05) is 30.3 Å². The zero-order chi connectivity index (χ0) is 14.2. The summed E-state index contributed by atoms with van der Waals surface area (Å²) in [6.45, 7) is 0. The van der Waals surface area contributed by atoms with Gasteiger partial charge in [0.15, 0.2) is 5.54 Å². The number of hydrogen-bond acceptors (Lipinski definition) is 3. The monoisotopic (exact) mass is 264 g/mol. The maximum atomic E-state index is 12.3. The normalized spacial score (nSPS) is 19.6. The summed E-state index contributed by atoms with van der Waals surface area (Å²) in [6, 6.07) is 16.4. The van der Waals surface area contributed by atoms with Crippen LogP contribution in [0.3, 0.4) is 0 Å². The summed E-state index contributed by atoms with van der Waals surface area (Å²) in [7, 11) is 0. The van der Waals surface area contributed by atoms with Gasteiger partial charge in [0.2, 0.25) is 0 Å². The lowest BCUT2D eigenvalue weighted by molar-refractivity contribution is -0.138. The number of nitrogens with two attached hydrogens (primary N) is 1. The van der Waals surface area contributed by atoms with E-state index < -0.39 is 17.2 Å². The Hall–Kier alpha value is -2.75. The molecule has 0 saturated heterocycles. The van der Waals surface area contributed by atoms with Crippen LogP contribution >= 0.6 is 0 Å². The van der Waals surface area contributed by atoms with Gasteiger partial charge in [0.05, 0.1) is 5.36 Å². The first kappa shape index (κ1) is 12.3. The number of amides is 1. The zero-order valence-corrected chi connectivity index (χ0v) is 10.6. The Morgan fingerprint density at radius 1 is 0.950 bits per heavy atom. The number of benzene rings is 2. The maximum absolute atomic E-state index is 12.3. The Morgan fingerprint density at radius 2 is 1.60 bits per heavy atom. The van der Waals surface area contributed by atoms with E-state index in [0.717, 1.165) is 5.22 Å². The van der Waals surface area contributed by atoms with Crippen molar-refractivity contribution in [2.75, 3.05) is 0 Å². The van der Waals surface area contributed by atoms with Crippen LogP contribution in [0.25, 0.3) is 6.08 Å². The van der Waals surface area contributed by atoms with Gasteiger partial charge < -0.3 is 5.73 Å². The Bertz CT molecular complexity index is 775. The third-order valence-electron chi connectivity index (χ3n) is 3.38. The van der Waals surface area contributed by atoms with Crippen LogP contribution in [-0.4, -0.2) is 11.7 Å². The Balaban J connectivity index is 2.31. The van der Waals surface area contributed by atoms with Crippen LogP contribution in [0.5, 0.6) is 0 Å². The first-order valence-electron chi connectivity index (χ1n) is 6.21. The van der Waals surface area contributed by atoms with Gasteiger partial charge in [0.25, 0.3) is 11.7 Å². The standard InChI is InChI=1S/C16H12N2O2/c17-15(20)14(19)16(12-7-2-1-3-8-12)10-11-6-4-5-9-13(11)18-16/h1-10H,(H2,17,20). The zero-order valence-electron chi connectivity index (χ0n) is 10.6. The number of primary amides is 1. The van der Waals surface area contributed by atoms with Crippen molar-refractivity contribution in [3.8, 4) is 0 Å². The van der Waals surface area contributed by atoms with Crippen molar-refractivity contribution in [2.45, 2.75) is 5.54 Å². The molecule has 0 bridgehead atoms. The van der Waals surface area contributed by atoms with Gasteiger partial charge in [-0.25, -0.2) is 0 Å². The molecule has 2 aromatic rings. The average molecular weight is 264 g/mol. The lowest BCUT2D eigenvalue weighted by atomic mass is 9.86. The molecule has 98 valence electrons. The number of rotatable bonds is 3. The highest BCUT2D eigenvalue weighted by Crippen LogP contribution is 2.29.